The molecule has 1 fully saturated rings. The Morgan fingerprint density at radius 3 is 2.71 bits per heavy atom. The molecule has 1 saturated heterocycles. The molecule has 0 aliphatic carbocycles. The minimum Gasteiger partial charge on any atom is -0.386 e. The lowest BCUT2D eigenvalue weighted by molar-refractivity contribution is -0.384. The van der Waals surface area contributed by atoms with Crippen LogP contribution in [0.4, 0.5) is 11.4 Å². The quantitative estimate of drug-likeness (QED) is 0.608. The van der Waals surface area contributed by atoms with Gasteiger partial charge in [0.2, 0.25) is 0 Å². The summed E-state index contributed by atoms with van der Waals surface area (Å²) in [6.45, 7) is 2.34. The van der Waals surface area contributed by atoms with Crippen molar-refractivity contribution >= 4 is 11.4 Å². The Morgan fingerprint density at radius 2 is 2.24 bits per heavy atom. The van der Waals surface area contributed by atoms with Crippen molar-refractivity contribution in [3.63, 3.8) is 0 Å². The summed E-state index contributed by atoms with van der Waals surface area (Å²) in [4.78, 5) is 12.1. The fourth-order valence-corrected chi connectivity index (χ4v) is 1.95. The van der Waals surface area contributed by atoms with Crippen molar-refractivity contribution in [1.82, 2.24) is 0 Å². The highest BCUT2D eigenvalue weighted by Crippen LogP contribution is 2.35. The lowest BCUT2D eigenvalue weighted by Gasteiger charge is -2.45. The smallest absolute Gasteiger partial charge is 0.292 e. The Hall–Kier alpha value is -2.13. The number of β-amino-alcohol motifs (C(OH)–C–C–N with tert-alkyl or cyclic N) is 1. The Labute approximate surface area is 97.8 Å². The maximum absolute atomic E-state index is 10.9. The van der Waals surface area contributed by atoms with Crippen molar-refractivity contribution in [2.45, 2.75) is 12.5 Å². The predicted molar refractivity (Wildman–Crippen MR) is 60.6 cm³/mol. The summed E-state index contributed by atoms with van der Waals surface area (Å²) in [5, 5.41) is 29.3. The van der Waals surface area contributed by atoms with Gasteiger partial charge < -0.3 is 10.0 Å². The average molecular weight is 233 g/mol. The second kappa shape index (κ2) is 3.71. The first-order valence-corrected chi connectivity index (χ1v) is 5.09. The van der Waals surface area contributed by atoms with Gasteiger partial charge in [0.15, 0.2) is 0 Å². The van der Waals surface area contributed by atoms with Gasteiger partial charge in [-0.25, -0.2) is 0 Å². The lowest BCUT2D eigenvalue weighted by atomic mass is 9.95. The second-order valence-electron chi connectivity index (χ2n) is 4.43. The first kappa shape index (κ1) is 11.4. The monoisotopic (exact) mass is 233 g/mol. The third-order valence-electron chi connectivity index (χ3n) is 2.70. The zero-order chi connectivity index (χ0) is 12.6. The van der Waals surface area contributed by atoms with Crippen LogP contribution in [0.5, 0.6) is 0 Å². The van der Waals surface area contributed by atoms with Gasteiger partial charge in [-0.15, -0.1) is 0 Å². The van der Waals surface area contributed by atoms with Crippen molar-refractivity contribution in [1.29, 1.82) is 5.26 Å². The molecule has 1 aliphatic heterocycles. The first-order chi connectivity index (χ1) is 7.93. The molecule has 1 aliphatic rings. The molecule has 0 unspecified atom stereocenters. The number of benzene rings is 1. The van der Waals surface area contributed by atoms with E-state index >= 15 is 0 Å². The largest absolute Gasteiger partial charge is 0.386 e. The van der Waals surface area contributed by atoms with E-state index in [4.69, 9.17) is 5.26 Å². The maximum Gasteiger partial charge on any atom is 0.292 e. The van der Waals surface area contributed by atoms with Crippen LogP contribution in [0.1, 0.15) is 12.5 Å². The molecule has 17 heavy (non-hydrogen) atoms. The van der Waals surface area contributed by atoms with E-state index in [9.17, 15) is 15.2 Å². The average Bonchev–Trinajstić information content (AvgIpc) is 2.24. The Balaban J connectivity index is 2.38. The third kappa shape index (κ3) is 2.05. The van der Waals surface area contributed by atoms with Crippen LogP contribution in [0.3, 0.4) is 0 Å². The number of hydrogen-bond donors (Lipinski definition) is 1. The van der Waals surface area contributed by atoms with Gasteiger partial charge in [0.1, 0.15) is 5.69 Å². The maximum atomic E-state index is 10.9. The summed E-state index contributed by atoms with van der Waals surface area (Å²) < 4.78 is 0. The SMILES string of the molecule is CC1(O)CN(c2cc(C#N)ccc2[N+](=O)[O-])C1. The van der Waals surface area contributed by atoms with Gasteiger partial charge in [-0.2, -0.15) is 5.26 Å². The van der Waals surface area contributed by atoms with E-state index in [0.29, 0.717) is 24.3 Å². The van der Waals surface area contributed by atoms with E-state index in [2.05, 4.69) is 0 Å². The number of nitro groups is 1. The number of hydrogen-bond acceptors (Lipinski definition) is 5. The number of nitrogens with zero attached hydrogens (tertiary/aromatic N) is 3. The predicted octanol–water partition coefficient (Wildman–Crippen LogP) is 1.04. The number of nitriles is 1. The minimum absolute atomic E-state index is 0.0421. The molecule has 88 valence electrons. The molecule has 0 spiro atoms. The van der Waals surface area contributed by atoms with Crippen LogP contribution in [0.25, 0.3) is 0 Å². The molecule has 6 heteroatoms. The highest BCUT2D eigenvalue weighted by Gasteiger charge is 2.39. The molecule has 0 bridgehead atoms. The van der Waals surface area contributed by atoms with Crippen molar-refractivity contribution in [3.8, 4) is 6.07 Å². The third-order valence-corrected chi connectivity index (χ3v) is 2.70. The molecule has 0 saturated carbocycles. The minimum atomic E-state index is -0.809. The molecule has 1 aromatic carbocycles. The van der Waals surface area contributed by atoms with E-state index in [1.165, 1.54) is 18.2 Å². The molecule has 0 amide bonds. The van der Waals surface area contributed by atoms with E-state index in [1.807, 2.05) is 6.07 Å². The number of aliphatic hydroxyl groups is 1. The van der Waals surface area contributed by atoms with Gasteiger partial charge in [0, 0.05) is 19.2 Å². The van der Waals surface area contributed by atoms with Crippen LogP contribution < -0.4 is 4.90 Å². The van der Waals surface area contributed by atoms with Gasteiger partial charge in [-0.1, -0.05) is 0 Å². The molecular formula is C11H11N3O3. The van der Waals surface area contributed by atoms with Crippen LogP contribution in [-0.2, 0) is 0 Å². The van der Waals surface area contributed by atoms with Crippen molar-refractivity contribution in [3.05, 3.63) is 33.9 Å². The molecule has 0 atom stereocenters. The molecule has 1 N–H and O–H groups in total. The normalized spacial score (nSPS) is 17.1. The second-order valence-corrected chi connectivity index (χ2v) is 4.43. The lowest BCUT2D eigenvalue weighted by Crippen LogP contribution is -2.60. The fraction of sp³-hybridized carbons (Fsp3) is 0.364. The van der Waals surface area contributed by atoms with Gasteiger partial charge in [-0.3, -0.25) is 10.1 Å². The van der Waals surface area contributed by atoms with E-state index < -0.39 is 10.5 Å². The van der Waals surface area contributed by atoms with Crippen LogP contribution >= 0.6 is 0 Å². The van der Waals surface area contributed by atoms with Crippen LogP contribution in [0.15, 0.2) is 18.2 Å². The van der Waals surface area contributed by atoms with Gasteiger partial charge in [0.25, 0.3) is 5.69 Å². The Morgan fingerprint density at radius 1 is 1.59 bits per heavy atom. The van der Waals surface area contributed by atoms with Crippen molar-refractivity contribution in [2.24, 2.45) is 0 Å². The van der Waals surface area contributed by atoms with Gasteiger partial charge >= 0.3 is 0 Å². The van der Waals surface area contributed by atoms with Crippen LogP contribution in [0.2, 0.25) is 0 Å². The molecule has 0 aromatic heterocycles. The Kier molecular flexibility index (Phi) is 2.48. The zero-order valence-electron chi connectivity index (χ0n) is 9.25. The zero-order valence-corrected chi connectivity index (χ0v) is 9.25. The van der Waals surface area contributed by atoms with E-state index in [-0.39, 0.29) is 5.69 Å². The highest BCUT2D eigenvalue weighted by atomic mass is 16.6. The number of nitro benzene ring substituents is 1. The van der Waals surface area contributed by atoms with E-state index in [0.717, 1.165) is 0 Å². The highest BCUT2D eigenvalue weighted by molar-refractivity contribution is 5.67. The molecule has 1 aromatic rings. The molecule has 0 radical (unpaired) electrons. The molecule has 6 nitrogen and oxygen atoms in total. The molecule has 2 rings (SSSR count). The van der Waals surface area contributed by atoms with Gasteiger partial charge in [0.05, 0.1) is 22.2 Å². The topological polar surface area (TPSA) is 90.4 Å². The van der Waals surface area contributed by atoms with E-state index in [1.54, 1.807) is 11.8 Å². The van der Waals surface area contributed by atoms with Crippen molar-refractivity contribution in [2.75, 3.05) is 18.0 Å². The summed E-state index contributed by atoms with van der Waals surface area (Å²) >= 11 is 0. The summed E-state index contributed by atoms with van der Waals surface area (Å²) in [7, 11) is 0. The number of rotatable bonds is 2. The molecule has 1 heterocycles. The van der Waals surface area contributed by atoms with Gasteiger partial charge in [-0.05, 0) is 19.1 Å². The van der Waals surface area contributed by atoms with Crippen molar-refractivity contribution < 1.29 is 10.0 Å². The summed E-state index contributed by atoms with van der Waals surface area (Å²) in [5.74, 6) is 0. The fourth-order valence-electron chi connectivity index (χ4n) is 1.95. The van der Waals surface area contributed by atoms with Crippen LogP contribution in [-0.4, -0.2) is 28.7 Å². The van der Waals surface area contributed by atoms with Crippen LogP contribution in [0, 0.1) is 21.4 Å². The first-order valence-electron chi connectivity index (χ1n) is 5.09. The number of anilines is 1. The standard InChI is InChI=1S/C11H11N3O3/c1-11(15)6-13(7-11)10-4-8(5-12)2-3-9(10)14(16)17/h2-4,15H,6-7H2,1H3. The molecular weight excluding hydrogens is 222 g/mol. The summed E-state index contributed by atoms with van der Waals surface area (Å²) in [5.41, 5.74) is -0.0894. The summed E-state index contributed by atoms with van der Waals surface area (Å²) in [6, 6.07) is 6.16. The Bertz CT molecular complexity index is 511. The summed E-state index contributed by atoms with van der Waals surface area (Å²) in [6.07, 6.45) is 0.